The van der Waals surface area contributed by atoms with E-state index in [-0.39, 0.29) is 0 Å². The van der Waals surface area contributed by atoms with Crippen LogP contribution in [0.2, 0.25) is 0 Å². The number of hydrogen-bond donors (Lipinski definition) is 1. The normalized spacial score (nSPS) is 46.0. The molecule has 1 heterocycles. The van der Waals surface area contributed by atoms with Gasteiger partial charge in [0, 0.05) is 12.6 Å². The van der Waals surface area contributed by atoms with E-state index in [0.717, 1.165) is 18.3 Å². The molecule has 0 aromatic carbocycles. The van der Waals surface area contributed by atoms with E-state index in [1.807, 2.05) is 11.7 Å². The van der Waals surface area contributed by atoms with Crippen LogP contribution in [0, 0.1) is 16.7 Å². The fourth-order valence-corrected chi connectivity index (χ4v) is 6.39. The van der Waals surface area contributed by atoms with E-state index in [2.05, 4.69) is 29.2 Å². The first-order valence-corrected chi connectivity index (χ1v) is 7.97. The molecule has 2 atom stereocenters. The quantitative estimate of drug-likeness (QED) is 0.921. The number of nitrogens with zero attached hydrogens (tertiary/aromatic N) is 3. The average molecular weight is 274 g/mol. The Labute approximate surface area is 121 Å². The van der Waals surface area contributed by atoms with E-state index in [1.54, 1.807) is 6.33 Å². The zero-order valence-electron chi connectivity index (χ0n) is 12.9. The van der Waals surface area contributed by atoms with Crippen LogP contribution in [0.15, 0.2) is 6.33 Å². The molecule has 0 radical (unpaired) electrons. The smallest absolute Gasteiger partial charge is 0.140 e. The van der Waals surface area contributed by atoms with Crippen LogP contribution in [0.25, 0.3) is 0 Å². The number of hydrogen-bond acceptors (Lipinski definition) is 3. The van der Waals surface area contributed by atoms with Gasteiger partial charge in [-0.3, -0.25) is 4.68 Å². The van der Waals surface area contributed by atoms with Gasteiger partial charge in [0.25, 0.3) is 0 Å². The largest absolute Gasteiger partial charge is 0.304 e. The lowest BCUT2D eigenvalue weighted by Crippen LogP contribution is -2.64. The van der Waals surface area contributed by atoms with Crippen LogP contribution >= 0.6 is 0 Å². The van der Waals surface area contributed by atoms with Crippen LogP contribution in [-0.2, 0) is 13.6 Å². The maximum atomic E-state index is 4.36. The molecular weight excluding hydrogens is 248 g/mol. The highest BCUT2D eigenvalue weighted by atomic mass is 15.3. The van der Waals surface area contributed by atoms with E-state index in [4.69, 9.17) is 0 Å². The Morgan fingerprint density at radius 1 is 1.20 bits per heavy atom. The van der Waals surface area contributed by atoms with Crippen molar-refractivity contribution in [3.63, 3.8) is 0 Å². The Kier molecular flexibility index (Phi) is 2.46. The van der Waals surface area contributed by atoms with Gasteiger partial charge in [0.05, 0.1) is 6.54 Å². The lowest BCUT2D eigenvalue weighted by molar-refractivity contribution is -0.118. The molecule has 0 amide bonds. The van der Waals surface area contributed by atoms with E-state index in [1.165, 1.54) is 38.5 Å². The molecule has 4 nitrogen and oxygen atoms in total. The molecule has 0 saturated heterocycles. The number of aryl methyl sites for hydroxylation is 1. The van der Waals surface area contributed by atoms with Crippen molar-refractivity contribution in [2.75, 3.05) is 0 Å². The summed E-state index contributed by atoms with van der Waals surface area (Å²) in [6.45, 7) is 5.90. The van der Waals surface area contributed by atoms with Crippen molar-refractivity contribution in [2.24, 2.45) is 23.8 Å². The molecule has 2 unspecified atom stereocenters. The van der Waals surface area contributed by atoms with Crippen molar-refractivity contribution in [3.05, 3.63) is 12.2 Å². The SMILES string of the molecule is Cn1ncnc1CNC12CC3CC(C)(CC(C)(C3)C1)C2. The lowest BCUT2D eigenvalue weighted by Gasteiger charge is -2.65. The second-order valence-corrected chi connectivity index (χ2v) is 8.56. The predicted octanol–water partition coefficient (Wildman–Crippen LogP) is 2.65. The molecule has 4 saturated carbocycles. The molecule has 1 N–H and O–H groups in total. The molecule has 0 spiro atoms. The minimum atomic E-state index is 0.356. The van der Waals surface area contributed by atoms with Gasteiger partial charge >= 0.3 is 0 Å². The fraction of sp³-hybridized carbons (Fsp3) is 0.875. The minimum absolute atomic E-state index is 0.356. The van der Waals surface area contributed by atoms with Gasteiger partial charge in [-0.15, -0.1) is 0 Å². The second-order valence-electron chi connectivity index (χ2n) is 8.56. The van der Waals surface area contributed by atoms with Crippen molar-refractivity contribution in [2.45, 2.75) is 64.5 Å². The summed E-state index contributed by atoms with van der Waals surface area (Å²) in [6, 6.07) is 0. The van der Waals surface area contributed by atoms with Gasteiger partial charge in [0.1, 0.15) is 12.2 Å². The number of rotatable bonds is 3. The zero-order valence-corrected chi connectivity index (χ0v) is 12.9. The molecule has 5 rings (SSSR count). The predicted molar refractivity (Wildman–Crippen MR) is 78.0 cm³/mol. The highest BCUT2D eigenvalue weighted by Crippen LogP contribution is 2.66. The number of aromatic nitrogens is 3. The van der Waals surface area contributed by atoms with Crippen molar-refractivity contribution in [1.29, 1.82) is 0 Å². The molecule has 20 heavy (non-hydrogen) atoms. The van der Waals surface area contributed by atoms with E-state index >= 15 is 0 Å². The van der Waals surface area contributed by atoms with Crippen molar-refractivity contribution in [1.82, 2.24) is 20.1 Å². The molecule has 1 aromatic heterocycles. The highest BCUT2D eigenvalue weighted by molar-refractivity contribution is 5.14. The molecular formula is C16H26N4. The van der Waals surface area contributed by atoms with Crippen molar-refractivity contribution < 1.29 is 0 Å². The summed E-state index contributed by atoms with van der Waals surface area (Å²) in [7, 11) is 1.98. The van der Waals surface area contributed by atoms with E-state index in [0.29, 0.717) is 16.4 Å². The van der Waals surface area contributed by atoms with Crippen LogP contribution in [-0.4, -0.2) is 20.3 Å². The summed E-state index contributed by atoms with van der Waals surface area (Å²) in [4.78, 5) is 4.36. The first-order chi connectivity index (χ1) is 9.40. The molecule has 0 aliphatic heterocycles. The van der Waals surface area contributed by atoms with E-state index < -0.39 is 0 Å². The maximum Gasteiger partial charge on any atom is 0.140 e. The van der Waals surface area contributed by atoms with Gasteiger partial charge in [0.15, 0.2) is 0 Å². The van der Waals surface area contributed by atoms with Crippen LogP contribution < -0.4 is 5.32 Å². The van der Waals surface area contributed by atoms with Gasteiger partial charge in [0.2, 0.25) is 0 Å². The maximum absolute atomic E-state index is 4.36. The third kappa shape index (κ3) is 1.92. The highest BCUT2D eigenvalue weighted by Gasteiger charge is 2.59. The summed E-state index contributed by atoms with van der Waals surface area (Å²) in [5, 5.41) is 8.07. The Bertz CT molecular complexity index is 516. The van der Waals surface area contributed by atoms with Crippen LogP contribution in [0.3, 0.4) is 0 Å². The lowest BCUT2D eigenvalue weighted by atomic mass is 9.43. The van der Waals surface area contributed by atoms with Gasteiger partial charge < -0.3 is 5.32 Å². The minimum Gasteiger partial charge on any atom is -0.304 e. The standard InChI is InChI=1S/C16H26N4/c1-14-4-12-5-15(2,8-14)10-16(6-12,9-14)18-7-13-17-11-19-20(13)3/h11-12,18H,4-10H2,1-3H3. The molecule has 4 bridgehead atoms. The summed E-state index contributed by atoms with van der Waals surface area (Å²) in [6.07, 6.45) is 10.1. The Morgan fingerprint density at radius 3 is 2.45 bits per heavy atom. The molecule has 4 aliphatic carbocycles. The molecule has 1 aromatic rings. The summed E-state index contributed by atoms with van der Waals surface area (Å²) in [5.74, 6) is 1.99. The molecule has 4 heteroatoms. The van der Waals surface area contributed by atoms with Crippen molar-refractivity contribution in [3.8, 4) is 0 Å². The van der Waals surface area contributed by atoms with Crippen LogP contribution in [0.4, 0.5) is 0 Å². The van der Waals surface area contributed by atoms with E-state index in [9.17, 15) is 0 Å². The Hall–Kier alpha value is -0.900. The molecule has 4 aliphatic rings. The summed E-state index contributed by atoms with van der Waals surface area (Å²) < 4.78 is 1.89. The summed E-state index contributed by atoms with van der Waals surface area (Å²) >= 11 is 0. The average Bonchev–Trinajstić information content (AvgIpc) is 2.67. The number of nitrogens with one attached hydrogen (secondary N) is 1. The van der Waals surface area contributed by atoms with Gasteiger partial charge in [-0.05, 0) is 55.3 Å². The fourth-order valence-electron chi connectivity index (χ4n) is 6.39. The zero-order chi connectivity index (χ0) is 14.0. The summed E-state index contributed by atoms with van der Waals surface area (Å²) in [5.41, 5.74) is 1.50. The third-order valence-electron chi connectivity index (χ3n) is 6.05. The Balaban J connectivity index is 1.56. The van der Waals surface area contributed by atoms with Crippen LogP contribution in [0.1, 0.15) is 58.2 Å². The van der Waals surface area contributed by atoms with Gasteiger partial charge in [-0.2, -0.15) is 5.10 Å². The molecule has 110 valence electrons. The van der Waals surface area contributed by atoms with Crippen LogP contribution in [0.5, 0.6) is 0 Å². The topological polar surface area (TPSA) is 42.7 Å². The van der Waals surface area contributed by atoms with Crippen molar-refractivity contribution >= 4 is 0 Å². The monoisotopic (exact) mass is 274 g/mol. The molecule has 4 fully saturated rings. The second kappa shape index (κ2) is 3.85. The van der Waals surface area contributed by atoms with Gasteiger partial charge in [-0.25, -0.2) is 4.98 Å². The first kappa shape index (κ1) is 12.8. The third-order valence-corrected chi connectivity index (χ3v) is 6.05. The van der Waals surface area contributed by atoms with Gasteiger partial charge in [-0.1, -0.05) is 13.8 Å². The Morgan fingerprint density at radius 2 is 1.90 bits per heavy atom. The first-order valence-electron chi connectivity index (χ1n) is 7.97.